The lowest BCUT2D eigenvalue weighted by Crippen LogP contribution is -2.12. The lowest BCUT2D eigenvalue weighted by atomic mass is 10.1. The zero-order valence-corrected chi connectivity index (χ0v) is 11.0. The van der Waals surface area contributed by atoms with Gasteiger partial charge in [0.05, 0.1) is 6.04 Å². The van der Waals surface area contributed by atoms with Crippen LogP contribution in [0.25, 0.3) is 0 Å². The maximum Gasteiger partial charge on any atom is 0.128 e. The molecule has 1 unspecified atom stereocenters. The molecular weight excluding hydrogens is 285 g/mol. The standard InChI is InChI=1S/C13H13BrFNO/c1-2-9-4-6-12(17-9)13(16)10-7-8(14)3-5-11(10)15/h3-7,13H,2,16H2,1H3. The molecule has 0 aliphatic rings. The molecule has 90 valence electrons. The largest absolute Gasteiger partial charge is 0.464 e. The van der Waals surface area contributed by atoms with E-state index in [0.29, 0.717) is 11.3 Å². The van der Waals surface area contributed by atoms with E-state index in [0.717, 1.165) is 16.7 Å². The van der Waals surface area contributed by atoms with Gasteiger partial charge in [0.25, 0.3) is 0 Å². The predicted octanol–water partition coefficient (Wildman–Crippen LogP) is 3.79. The highest BCUT2D eigenvalue weighted by molar-refractivity contribution is 9.10. The minimum Gasteiger partial charge on any atom is -0.464 e. The summed E-state index contributed by atoms with van der Waals surface area (Å²) >= 11 is 3.30. The van der Waals surface area contributed by atoms with Gasteiger partial charge in [-0.3, -0.25) is 0 Å². The van der Waals surface area contributed by atoms with Crippen LogP contribution in [0.5, 0.6) is 0 Å². The van der Waals surface area contributed by atoms with Gasteiger partial charge < -0.3 is 10.2 Å². The number of nitrogens with two attached hydrogens (primary N) is 1. The van der Waals surface area contributed by atoms with E-state index < -0.39 is 6.04 Å². The van der Waals surface area contributed by atoms with Crippen molar-refractivity contribution in [3.05, 3.63) is 57.7 Å². The van der Waals surface area contributed by atoms with Crippen LogP contribution in [0.3, 0.4) is 0 Å². The van der Waals surface area contributed by atoms with E-state index in [1.54, 1.807) is 18.2 Å². The zero-order chi connectivity index (χ0) is 12.4. The molecule has 0 bridgehead atoms. The first kappa shape index (κ1) is 12.3. The molecule has 0 spiro atoms. The number of halogens is 2. The fourth-order valence-corrected chi connectivity index (χ4v) is 2.04. The summed E-state index contributed by atoms with van der Waals surface area (Å²) in [4.78, 5) is 0. The lowest BCUT2D eigenvalue weighted by Gasteiger charge is -2.10. The van der Waals surface area contributed by atoms with E-state index in [4.69, 9.17) is 10.2 Å². The molecule has 0 radical (unpaired) electrons. The Hall–Kier alpha value is -1.13. The molecule has 0 aliphatic heterocycles. The summed E-state index contributed by atoms with van der Waals surface area (Å²) in [5.74, 6) is 1.11. The van der Waals surface area contributed by atoms with Gasteiger partial charge in [0, 0.05) is 16.5 Å². The first-order valence-electron chi connectivity index (χ1n) is 5.41. The highest BCUT2D eigenvalue weighted by Crippen LogP contribution is 2.26. The summed E-state index contributed by atoms with van der Waals surface area (Å²) in [5, 5.41) is 0. The Balaban J connectivity index is 2.35. The third-order valence-electron chi connectivity index (χ3n) is 2.63. The van der Waals surface area contributed by atoms with E-state index in [-0.39, 0.29) is 5.82 Å². The molecular formula is C13H13BrFNO. The molecule has 0 saturated heterocycles. The van der Waals surface area contributed by atoms with Crippen LogP contribution >= 0.6 is 15.9 Å². The number of aryl methyl sites for hydroxylation is 1. The van der Waals surface area contributed by atoms with Crippen molar-refractivity contribution in [3.8, 4) is 0 Å². The molecule has 0 aliphatic carbocycles. The predicted molar refractivity (Wildman–Crippen MR) is 68.2 cm³/mol. The summed E-state index contributed by atoms with van der Waals surface area (Å²) < 4.78 is 20.0. The second-order valence-corrected chi connectivity index (χ2v) is 4.72. The van der Waals surface area contributed by atoms with Crippen molar-refractivity contribution in [2.24, 2.45) is 5.73 Å². The molecule has 0 saturated carbocycles. The Morgan fingerprint density at radius 3 is 2.76 bits per heavy atom. The van der Waals surface area contributed by atoms with Crippen LogP contribution in [-0.2, 0) is 6.42 Å². The minimum absolute atomic E-state index is 0.324. The van der Waals surface area contributed by atoms with E-state index >= 15 is 0 Å². The fourth-order valence-electron chi connectivity index (χ4n) is 1.66. The van der Waals surface area contributed by atoms with Crippen molar-refractivity contribution in [1.82, 2.24) is 0 Å². The van der Waals surface area contributed by atoms with Crippen molar-refractivity contribution >= 4 is 15.9 Å². The zero-order valence-electron chi connectivity index (χ0n) is 9.41. The van der Waals surface area contributed by atoms with Gasteiger partial charge >= 0.3 is 0 Å². The van der Waals surface area contributed by atoms with Crippen LogP contribution in [0, 0.1) is 5.82 Å². The monoisotopic (exact) mass is 297 g/mol. The maximum atomic E-state index is 13.7. The van der Waals surface area contributed by atoms with Crippen LogP contribution in [0.2, 0.25) is 0 Å². The quantitative estimate of drug-likeness (QED) is 0.936. The summed E-state index contributed by atoms with van der Waals surface area (Å²) in [6.07, 6.45) is 0.799. The number of rotatable bonds is 3. The first-order chi connectivity index (χ1) is 8.11. The van der Waals surface area contributed by atoms with Crippen LogP contribution in [-0.4, -0.2) is 0 Å². The second-order valence-electron chi connectivity index (χ2n) is 3.80. The molecule has 0 amide bonds. The molecule has 1 heterocycles. The van der Waals surface area contributed by atoms with Gasteiger partial charge in [-0.15, -0.1) is 0 Å². The topological polar surface area (TPSA) is 39.2 Å². The molecule has 4 heteroatoms. The summed E-state index contributed by atoms with van der Waals surface area (Å²) in [7, 11) is 0. The Morgan fingerprint density at radius 2 is 2.12 bits per heavy atom. The van der Waals surface area contributed by atoms with Gasteiger partial charge in [-0.2, -0.15) is 0 Å². The highest BCUT2D eigenvalue weighted by atomic mass is 79.9. The lowest BCUT2D eigenvalue weighted by molar-refractivity contribution is 0.448. The van der Waals surface area contributed by atoms with Crippen molar-refractivity contribution in [2.45, 2.75) is 19.4 Å². The van der Waals surface area contributed by atoms with Crippen LogP contribution < -0.4 is 5.73 Å². The summed E-state index contributed by atoms with van der Waals surface area (Å²) in [6, 6.07) is 7.80. The Morgan fingerprint density at radius 1 is 1.35 bits per heavy atom. The fraction of sp³-hybridized carbons (Fsp3) is 0.231. The SMILES string of the molecule is CCc1ccc(C(N)c2cc(Br)ccc2F)o1. The molecule has 1 atom stereocenters. The number of hydrogen-bond donors (Lipinski definition) is 1. The molecule has 2 rings (SSSR count). The van der Waals surface area contributed by atoms with Crippen molar-refractivity contribution < 1.29 is 8.81 Å². The summed E-state index contributed by atoms with van der Waals surface area (Å²) in [6.45, 7) is 1.99. The van der Waals surface area contributed by atoms with Crippen molar-refractivity contribution in [1.29, 1.82) is 0 Å². The first-order valence-corrected chi connectivity index (χ1v) is 6.20. The van der Waals surface area contributed by atoms with Crippen LogP contribution in [0.15, 0.2) is 39.2 Å². The molecule has 17 heavy (non-hydrogen) atoms. The normalized spacial score (nSPS) is 12.7. The average molecular weight is 298 g/mol. The smallest absolute Gasteiger partial charge is 0.128 e. The van der Waals surface area contributed by atoms with Gasteiger partial charge in [0.1, 0.15) is 17.3 Å². The maximum absolute atomic E-state index is 13.7. The van der Waals surface area contributed by atoms with E-state index in [9.17, 15) is 4.39 Å². The molecule has 2 nitrogen and oxygen atoms in total. The second kappa shape index (κ2) is 5.02. The molecule has 0 fully saturated rings. The number of hydrogen-bond acceptors (Lipinski definition) is 2. The average Bonchev–Trinajstić information content (AvgIpc) is 2.80. The minimum atomic E-state index is -0.576. The van der Waals surface area contributed by atoms with E-state index in [1.807, 2.05) is 13.0 Å². The van der Waals surface area contributed by atoms with Gasteiger partial charge in [0.15, 0.2) is 0 Å². The third kappa shape index (κ3) is 2.58. The van der Waals surface area contributed by atoms with Crippen LogP contribution in [0.4, 0.5) is 4.39 Å². The van der Waals surface area contributed by atoms with E-state index in [1.165, 1.54) is 6.07 Å². The van der Waals surface area contributed by atoms with Crippen LogP contribution in [0.1, 0.15) is 30.0 Å². The van der Waals surface area contributed by atoms with Gasteiger partial charge in [0.2, 0.25) is 0 Å². The highest BCUT2D eigenvalue weighted by Gasteiger charge is 2.17. The molecule has 2 N–H and O–H groups in total. The van der Waals surface area contributed by atoms with Gasteiger partial charge in [-0.1, -0.05) is 22.9 Å². The van der Waals surface area contributed by atoms with E-state index in [2.05, 4.69) is 15.9 Å². The van der Waals surface area contributed by atoms with Crippen molar-refractivity contribution in [2.75, 3.05) is 0 Å². The molecule has 1 aromatic carbocycles. The van der Waals surface area contributed by atoms with Gasteiger partial charge in [-0.25, -0.2) is 4.39 Å². The molecule has 1 aromatic heterocycles. The third-order valence-corrected chi connectivity index (χ3v) is 3.12. The Bertz CT molecular complexity index is 524. The van der Waals surface area contributed by atoms with Gasteiger partial charge in [-0.05, 0) is 30.3 Å². The van der Waals surface area contributed by atoms with Crippen molar-refractivity contribution in [3.63, 3.8) is 0 Å². The number of benzene rings is 1. The molecule has 2 aromatic rings. The Labute approximate surface area is 108 Å². The Kier molecular flexibility index (Phi) is 3.64. The number of furan rings is 1. The summed E-state index contributed by atoms with van der Waals surface area (Å²) in [5.41, 5.74) is 6.43.